The Bertz CT molecular complexity index is 305. The van der Waals surface area contributed by atoms with E-state index in [4.69, 9.17) is 5.73 Å². The zero-order valence-electron chi connectivity index (χ0n) is 9.41. The second kappa shape index (κ2) is 4.40. The van der Waals surface area contributed by atoms with E-state index < -0.39 is 0 Å². The van der Waals surface area contributed by atoms with Gasteiger partial charge in [0.2, 0.25) is 5.95 Å². The van der Waals surface area contributed by atoms with E-state index in [1.165, 1.54) is 5.56 Å². The average molecular weight is 193 g/mol. The maximum absolute atomic E-state index is 5.58. The third-order valence-corrected chi connectivity index (χ3v) is 2.14. The molecule has 0 bridgehead atoms. The lowest BCUT2D eigenvalue weighted by Gasteiger charge is -2.13. The summed E-state index contributed by atoms with van der Waals surface area (Å²) in [6.07, 6.45) is 2.82. The molecule has 0 radical (unpaired) electrons. The monoisotopic (exact) mass is 193 g/mol. The summed E-state index contributed by atoms with van der Waals surface area (Å²) in [5.41, 5.74) is 7.90. The number of aromatic nitrogens is 2. The first-order valence-corrected chi connectivity index (χ1v) is 5.12. The zero-order valence-corrected chi connectivity index (χ0v) is 9.41. The fourth-order valence-electron chi connectivity index (χ4n) is 1.47. The van der Waals surface area contributed by atoms with Gasteiger partial charge in [-0.1, -0.05) is 27.7 Å². The molecule has 2 N–H and O–H groups in total. The summed E-state index contributed by atoms with van der Waals surface area (Å²) in [5.74, 6) is 1.44. The fraction of sp³-hybridized carbons (Fsp3) is 0.636. The maximum Gasteiger partial charge on any atom is 0.220 e. The highest BCUT2D eigenvalue weighted by Crippen LogP contribution is 2.19. The van der Waals surface area contributed by atoms with Crippen LogP contribution in [0.15, 0.2) is 6.20 Å². The molecule has 1 heterocycles. The van der Waals surface area contributed by atoms with Gasteiger partial charge in [0.15, 0.2) is 0 Å². The average Bonchev–Trinajstić information content (AvgIpc) is 2.01. The summed E-state index contributed by atoms with van der Waals surface area (Å²) < 4.78 is 0. The second-order valence-corrected chi connectivity index (χ2v) is 4.38. The van der Waals surface area contributed by atoms with Crippen LogP contribution < -0.4 is 5.73 Å². The van der Waals surface area contributed by atoms with E-state index in [9.17, 15) is 0 Å². The Hall–Kier alpha value is -1.12. The van der Waals surface area contributed by atoms with Gasteiger partial charge in [0.25, 0.3) is 0 Å². The molecule has 0 saturated heterocycles. The molecule has 0 fully saturated rings. The molecule has 14 heavy (non-hydrogen) atoms. The van der Waals surface area contributed by atoms with Crippen LogP contribution >= 0.6 is 0 Å². The van der Waals surface area contributed by atoms with Gasteiger partial charge in [0.05, 0.1) is 0 Å². The van der Waals surface area contributed by atoms with Gasteiger partial charge >= 0.3 is 0 Å². The fourth-order valence-corrected chi connectivity index (χ4v) is 1.47. The first kappa shape index (κ1) is 11.0. The van der Waals surface area contributed by atoms with Crippen molar-refractivity contribution in [2.75, 3.05) is 5.73 Å². The number of hydrogen-bond donors (Lipinski definition) is 1. The van der Waals surface area contributed by atoms with Crippen LogP contribution in [0.3, 0.4) is 0 Å². The van der Waals surface area contributed by atoms with E-state index in [0.717, 1.165) is 12.1 Å². The van der Waals surface area contributed by atoms with Crippen molar-refractivity contribution in [3.63, 3.8) is 0 Å². The lowest BCUT2D eigenvalue weighted by atomic mass is 9.98. The van der Waals surface area contributed by atoms with Crippen molar-refractivity contribution in [2.45, 2.75) is 40.0 Å². The van der Waals surface area contributed by atoms with Crippen molar-refractivity contribution in [1.29, 1.82) is 0 Å². The largest absolute Gasteiger partial charge is 0.368 e. The van der Waals surface area contributed by atoms with Crippen molar-refractivity contribution >= 4 is 5.95 Å². The van der Waals surface area contributed by atoms with Crippen molar-refractivity contribution in [2.24, 2.45) is 5.92 Å². The third kappa shape index (κ3) is 2.69. The van der Waals surface area contributed by atoms with Crippen LogP contribution in [0.25, 0.3) is 0 Å². The molecular weight excluding hydrogens is 174 g/mol. The Morgan fingerprint density at radius 1 is 1.29 bits per heavy atom. The van der Waals surface area contributed by atoms with Crippen LogP contribution in [0.2, 0.25) is 0 Å². The summed E-state index contributed by atoms with van der Waals surface area (Å²) in [4.78, 5) is 8.34. The molecule has 0 aliphatic heterocycles. The van der Waals surface area contributed by atoms with E-state index in [2.05, 4.69) is 37.7 Å². The molecule has 0 aliphatic rings. The van der Waals surface area contributed by atoms with Gasteiger partial charge in [-0.3, -0.25) is 0 Å². The van der Waals surface area contributed by atoms with Gasteiger partial charge in [0, 0.05) is 11.9 Å². The van der Waals surface area contributed by atoms with Gasteiger partial charge in [-0.15, -0.1) is 0 Å². The summed E-state index contributed by atoms with van der Waals surface area (Å²) in [6.45, 7) is 8.67. The minimum absolute atomic E-state index is 0.380. The van der Waals surface area contributed by atoms with Gasteiger partial charge in [-0.05, 0) is 23.8 Å². The van der Waals surface area contributed by atoms with Crippen LogP contribution in [0, 0.1) is 5.92 Å². The lowest BCUT2D eigenvalue weighted by Crippen LogP contribution is -2.07. The third-order valence-electron chi connectivity index (χ3n) is 2.14. The molecule has 0 unspecified atom stereocenters. The van der Waals surface area contributed by atoms with Crippen LogP contribution in [0.4, 0.5) is 5.95 Å². The van der Waals surface area contributed by atoms with Crippen LogP contribution in [-0.2, 0) is 6.42 Å². The first-order valence-electron chi connectivity index (χ1n) is 5.12. The Morgan fingerprint density at radius 3 is 2.43 bits per heavy atom. The zero-order chi connectivity index (χ0) is 10.7. The highest BCUT2D eigenvalue weighted by molar-refractivity contribution is 5.27. The SMILES string of the molecule is CC(C)Cc1nc(N)ncc1C(C)C. The first-order chi connectivity index (χ1) is 6.50. The highest BCUT2D eigenvalue weighted by atomic mass is 15.0. The standard InChI is InChI=1S/C11H19N3/c1-7(2)5-10-9(8(3)4)6-13-11(12)14-10/h6-8H,5H2,1-4H3,(H2,12,13,14). The molecule has 0 aliphatic carbocycles. The van der Waals surface area contributed by atoms with Crippen LogP contribution in [0.1, 0.15) is 44.9 Å². The second-order valence-electron chi connectivity index (χ2n) is 4.38. The molecule has 0 amide bonds. The normalized spacial score (nSPS) is 11.3. The lowest BCUT2D eigenvalue weighted by molar-refractivity contribution is 0.623. The molecule has 1 aromatic heterocycles. The predicted octanol–water partition coefficient (Wildman–Crippen LogP) is 2.38. The van der Waals surface area contributed by atoms with Crippen LogP contribution in [0.5, 0.6) is 0 Å². The van der Waals surface area contributed by atoms with E-state index in [0.29, 0.717) is 17.8 Å². The molecule has 0 spiro atoms. The van der Waals surface area contributed by atoms with E-state index >= 15 is 0 Å². The Labute approximate surface area is 85.8 Å². The smallest absolute Gasteiger partial charge is 0.220 e. The topological polar surface area (TPSA) is 51.8 Å². The highest BCUT2D eigenvalue weighted by Gasteiger charge is 2.10. The molecule has 3 heteroatoms. The van der Waals surface area contributed by atoms with E-state index in [1.807, 2.05) is 6.20 Å². The van der Waals surface area contributed by atoms with Crippen molar-refractivity contribution < 1.29 is 0 Å². The summed E-state index contributed by atoms with van der Waals surface area (Å²) in [5, 5.41) is 0. The summed E-state index contributed by atoms with van der Waals surface area (Å²) >= 11 is 0. The number of nitrogen functional groups attached to an aromatic ring is 1. The van der Waals surface area contributed by atoms with E-state index in [-0.39, 0.29) is 0 Å². The molecule has 0 atom stereocenters. The molecule has 1 rings (SSSR count). The molecular formula is C11H19N3. The van der Waals surface area contributed by atoms with E-state index in [1.54, 1.807) is 0 Å². The molecule has 1 aromatic rings. The maximum atomic E-state index is 5.58. The minimum atomic E-state index is 0.380. The van der Waals surface area contributed by atoms with Crippen molar-refractivity contribution in [3.05, 3.63) is 17.5 Å². The van der Waals surface area contributed by atoms with Gasteiger partial charge in [0.1, 0.15) is 0 Å². The van der Waals surface area contributed by atoms with Gasteiger partial charge in [-0.25, -0.2) is 9.97 Å². The minimum Gasteiger partial charge on any atom is -0.368 e. The molecule has 78 valence electrons. The molecule has 0 aromatic carbocycles. The van der Waals surface area contributed by atoms with Crippen LogP contribution in [-0.4, -0.2) is 9.97 Å². The van der Waals surface area contributed by atoms with Gasteiger partial charge in [-0.2, -0.15) is 0 Å². The van der Waals surface area contributed by atoms with Crippen molar-refractivity contribution in [1.82, 2.24) is 9.97 Å². The number of rotatable bonds is 3. The number of anilines is 1. The Kier molecular flexibility index (Phi) is 3.44. The molecule has 0 saturated carbocycles. The predicted molar refractivity (Wildman–Crippen MR) is 59.1 cm³/mol. The summed E-state index contributed by atoms with van der Waals surface area (Å²) in [6, 6.07) is 0. The Morgan fingerprint density at radius 2 is 1.93 bits per heavy atom. The number of nitrogens with zero attached hydrogens (tertiary/aromatic N) is 2. The Balaban J connectivity index is 3.03. The number of hydrogen-bond acceptors (Lipinski definition) is 3. The summed E-state index contributed by atoms with van der Waals surface area (Å²) in [7, 11) is 0. The van der Waals surface area contributed by atoms with Crippen molar-refractivity contribution in [3.8, 4) is 0 Å². The molecule has 3 nitrogen and oxygen atoms in total. The number of nitrogens with two attached hydrogens (primary N) is 1. The van der Waals surface area contributed by atoms with Gasteiger partial charge < -0.3 is 5.73 Å². The quantitative estimate of drug-likeness (QED) is 0.801.